The van der Waals surface area contributed by atoms with Crippen molar-refractivity contribution < 1.29 is 0 Å². The molecule has 0 radical (unpaired) electrons. The fraction of sp³-hybridized carbons (Fsp3) is 0.222. The third kappa shape index (κ3) is 2.43. The van der Waals surface area contributed by atoms with E-state index in [0.717, 1.165) is 0 Å². The molecule has 19 heavy (non-hydrogen) atoms. The van der Waals surface area contributed by atoms with Gasteiger partial charge < -0.3 is 0 Å². The van der Waals surface area contributed by atoms with Crippen LogP contribution in [0.3, 0.4) is 0 Å². The van der Waals surface area contributed by atoms with Gasteiger partial charge in [-0.2, -0.15) is 0 Å². The molecule has 0 spiro atoms. The molecule has 96 valence electrons. The third-order valence-corrected chi connectivity index (χ3v) is 4.78. The third-order valence-electron chi connectivity index (χ3n) is 3.51. The number of rotatable bonds is 4. The molecule has 0 bridgehead atoms. The van der Waals surface area contributed by atoms with Crippen molar-refractivity contribution in [2.45, 2.75) is 26.2 Å². The summed E-state index contributed by atoms with van der Waals surface area (Å²) in [6.07, 6.45) is 3.70. The zero-order chi connectivity index (χ0) is 13.1. The van der Waals surface area contributed by atoms with E-state index in [9.17, 15) is 0 Å². The molecule has 3 aromatic rings. The van der Waals surface area contributed by atoms with Crippen LogP contribution in [0.2, 0.25) is 0 Å². The van der Waals surface area contributed by atoms with Gasteiger partial charge in [0, 0.05) is 9.58 Å². The van der Waals surface area contributed by atoms with Gasteiger partial charge >= 0.3 is 0 Å². The lowest BCUT2D eigenvalue weighted by molar-refractivity contribution is 0.801. The smallest absolute Gasteiger partial charge is 0.0387 e. The van der Waals surface area contributed by atoms with E-state index in [1.807, 2.05) is 11.3 Å². The van der Waals surface area contributed by atoms with Crippen molar-refractivity contribution in [3.63, 3.8) is 0 Å². The van der Waals surface area contributed by atoms with Gasteiger partial charge in [0.1, 0.15) is 0 Å². The Balaban J connectivity index is 2.17. The Morgan fingerprint density at radius 2 is 1.63 bits per heavy atom. The summed E-state index contributed by atoms with van der Waals surface area (Å²) >= 11 is 1.93. The average molecular weight is 266 g/mol. The molecule has 1 heterocycles. The second-order valence-electron chi connectivity index (χ2n) is 4.88. The van der Waals surface area contributed by atoms with Gasteiger partial charge in [0.2, 0.25) is 0 Å². The first-order valence-electron chi connectivity index (χ1n) is 6.96. The van der Waals surface area contributed by atoms with Gasteiger partial charge in [-0.15, -0.1) is 11.3 Å². The maximum Gasteiger partial charge on any atom is 0.0387 e. The lowest BCUT2D eigenvalue weighted by Crippen LogP contribution is -1.86. The lowest BCUT2D eigenvalue weighted by atomic mass is 10.0. The van der Waals surface area contributed by atoms with E-state index in [0.29, 0.717) is 0 Å². The molecule has 0 atom stereocenters. The van der Waals surface area contributed by atoms with Gasteiger partial charge in [-0.1, -0.05) is 61.9 Å². The first-order valence-corrected chi connectivity index (χ1v) is 7.77. The fourth-order valence-electron chi connectivity index (χ4n) is 2.52. The molecular formula is C18H18S. The van der Waals surface area contributed by atoms with Crippen LogP contribution in [0.5, 0.6) is 0 Å². The van der Waals surface area contributed by atoms with E-state index >= 15 is 0 Å². The van der Waals surface area contributed by atoms with Crippen molar-refractivity contribution in [2.24, 2.45) is 0 Å². The predicted octanol–water partition coefficient (Wildman–Crippen LogP) is 5.91. The van der Waals surface area contributed by atoms with E-state index in [4.69, 9.17) is 0 Å². The summed E-state index contributed by atoms with van der Waals surface area (Å²) in [6.45, 7) is 2.26. The second kappa shape index (κ2) is 5.58. The molecule has 0 saturated carbocycles. The van der Waals surface area contributed by atoms with Gasteiger partial charge in [-0.05, 0) is 35.4 Å². The van der Waals surface area contributed by atoms with Crippen LogP contribution in [0.25, 0.3) is 20.5 Å². The van der Waals surface area contributed by atoms with Gasteiger partial charge in [0.05, 0.1) is 0 Å². The van der Waals surface area contributed by atoms with Crippen LogP contribution < -0.4 is 0 Å². The average Bonchev–Trinajstić information content (AvgIpc) is 2.85. The van der Waals surface area contributed by atoms with Crippen molar-refractivity contribution in [2.75, 3.05) is 0 Å². The molecular weight excluding hydrogens is 248 g/mol. The van der Waals surface area contributed by atoms with Crippen LogP contribution in [0, 0.1) is 0 Å². The van der Waals surface area contributed by atoms with Gasteiger partial charge in [-0.3, -0.25) is 0 Å². The normalized spacial score (nSPS) is 11.0. The van der Waals surface area contributed by atoms with Crippen LogP contribution in [-0.4, -0.2) is 0 Å². The van der Waals surface area contributed by atoms with E-state index in [1.54, 1.807) is 0 Å². The summed E-state index contributed by atoms with van der Waals surface area (Å²) in [5.74, 6) is 0. The Bertz CT molecular complexity index is 664. The number of unbranched alkanes of at least 4 members (excludes halogenated alkanes) is 1. The van der Waals surface area contributed by atoms with Crippen LogP contribution in [0.4, 0.5) is 0 Å². The SMILES string of the molecule is CCCCc1c(-c2ccccc2)sc2ccccc12. The number of fused-ring (bicyclic) bond motifs is 1. The molecule has 0 nitrogen and oxygen atoms in total. The van der Waals surface area contributed by atoms with Crippen LogP contribution in [-0.2, 0) is 6.42 Å². The molecule has 0 aliphatic carbocycles. The molecule has 1 aromatic heterocycles. The molecule has 0 unspecified atom stereocenters. The molecule has 0 aliphatic rings. The number of thiophene rings is 1. The summed E-state index contributed by atoms with van der Waals surface area (Å²) in [5.41, 5.74) is 2.89. The first-order chi connectivity index (χ1) is 9.40. The second-order valence-corrected chi connectivity index (χ2v) is 5.93. The summed E-state index contributed by atoms with van der Waals surface area (Å²) in [4.78, 5) is 1.45. The zero-order valence-electron chi connectivity index (χ0n) is 11.2. The van der Waals surface area contributed by atoms with Crippen LogP contribution in [0.15, 0.2) is 54.6 Å². The van der Waals surface area contributed by atoms with Crippen molar-refractivity contribution >= 4 is 21.4 Å². The highest BCUT2D eigenvalue weighted by molar-refractivity contribution is 7.22. The van der Waals surface area contributed by atoms with Crippen molar-refractivity contribution in [1.29, 1.82) is 0 Å². The van der Waals surface area contributed by atoms with Crippen LogP contribution >= 0.6 is 11.3 Å². The minimum absolute atomic E-state index is 1.19. The quantitative estimate of drug-likeness (QED) is 0.550. The highest BCUT2D eigenvalue weighted by Crippen LogP contribution is 2.39. The monoisotopic (exact) mass is 266 g/mol. The summed E-state index contributed by atoms with van der Waals surface area (Å²) in [5, 5.41) is 1.44. The van der Waals surface area contributed by atoms with E-state index in [2.05, 4.69) is 61.5 Å². The number of hydrogen-bond donors (Lipinski definition) is 0. The highest BCUT2D eigenvalue weighted by atomic mass is 32.1. The number of hydrogen-bond acceptors (Lipinski definition) is 1. The largest absolute Gasteiger partial charge is 0.135 e. The Morgan fingerprint density at radius 3 is 2.42 bits per heavy atom. The maximum atomic E-state index is 2.27. The molecule has 2 aromatic carbocycles. The van der Waals surface area contributed by atoms with Gasteiger partial charge in [0.15, 0.2) is 0 Å². The molecule has 0 N–H and O–H groups in total. The molecule has 1 heteroatoms. The topological polar surface area (TPSA) is 0 Å². The first kappa shape index (κ1) is 12.4. The van der Waals surface area contributed by atoms with E-state index in [-0.39, 0.29) is 0 Å². The van der Waals surface area contributed by atoms with E-state index in [1.165, 1.54) is 45.4 Å². The Morgan fingerprint density at radius 1 is 0.895 bits per heavy atom. The van der Waals surface area contributed by atoms with Gasteiger partial charge in [0.25, 0.3) is 0 Å². The minimum Gasteiger partial charge on any atom is -0.135 e. The molecule has 0 aliphatic heterocycles. The predicted molar refractivity (Wildman–Crippen MR) is 85.9 cm³/mol. The number of aryl methyl sites for hydroxylation is 1. The summed E-state index contributed by atoms with van der Waals surface area (Å²) in [7, 11) is 0. The van der Waals surface area contributed by atoms with Gasteiger partial charge in [-0.25, -0.2) is 0 Å². The fourth-order valence-corrected chi connectivity index (χ4v) is 3.78. The highest BCUT2D eigenvalue weighted by Gasteiger charge is 2.12. The van der Waals surface area contributed by atoms with Crippen molar-refractivity contribution in [3.8, 4) is 10.4 Å². The molecule has 0 saturated heterocycles. The maximum absolute atomic E-state index is 2.27. The zero-order valence-corrected chi connectivity index (χ0v) is 12.0. The Kier molecular flexibility index (Phi) is 3.65. The molecule has 0 amide bonds. The van der Waals surface area contributed by atoms with Crippen LogP contribution in [0.1, 0.15) is 25.3 Å². The molecule has 0 fully saturated rings. The standard InChI is InChI=1S/C18H18S/c1-2-3-11-16-15-12-7-8-13-17(15)19-18(16)14-9-5-4-6-10-14/h4-10,12-13H,2-3,11H2,1H3. The lowest BCUT2D eigenvalue weighted by Gasteiger charge is -2.04. The molecule has 3 rings (SSSR count). The Hall–Kier alpha value is -1.60. The summed E-state index contributed by atoms with van der Waals surface area (Å²) in [6, 6.07) is 19.6. The van der Waals surface area contributed by atoms with Crippen molar-refractivity contribution in [3.05, 3.63) is 60.2 Å². The number of benzene rings is 2. The van der Waals surface area contributed by atoms with E-state index < -0.39 is 0 Å². The minimum atomic E-state index is 1.19. The summed E-state index contributed by atoms with van der Waals surface area (Å²) < 4.78 is 1.41. The Labute approximate surface area is 118 Å². The van der Waals surface area contributed by atoms with Crippen molar-refractivity contribution in [1.82, 2.24) is 0 Å².